The Morgan fingerprint density at radius 3 is 2.71 bits per heavy atom. The molecule has 0 saturated carbocycles. The zero-order valence-corrected chi connectivity index (χ0v) is 7.99. The molecule has 0 bridgehead atoms. The summed E-state index contributed by atoms with van der Waals surface area (Å²) in [5.41, 5.74) is 1.91. The van der Waals surface area contributed by atoms with Crippen LogP contribution in [0.1, 0.15) is 17.0 Å². The highest BCUT2D eigenvalue weighted by Crippen LogP contribution is 2.31. The van der Waals surface area contributed by atoms with Crippen molar-refractivity contribution < 1.29 is 4.92 Å². The van der Waals surface area contributed by atoms with Crippen LogP contribution in [0.5, 0.6) is 0 Å². The van der Waals surface area contributed by atoms with E-state index in [1.807, 2.05) is 12.1 Å². The van der Waals surface area contributed by atoms with Crippen LogP contribution < -0.4 is 5.32 Å². The second-order valence-corrected chi connectivity index (χ2v) is 3.63. The summed E-state index contributed by atoms with van der Waals surface area (Å²) in [4.78, 5) is 10.6. The number of para-hydroxylation sites is 1. The minimum Gasteiger partial charge on any atom is -0.315 e. The Bertz CT molecular complexity index is 372. The van der Waals surface area contributed by atoms with Crippen LogP contribution in [-0.2, 0) is 0 Å². The molecule has 1 saturated heterocycles. The molecule has 1 heterocycles. The number of hydrogen-bond acceptors (Lipinski definition) is 3. The van der Waals surface area contributed by atoms with Crippen LogP contribution in [0.15, 0.2) is 18.2 Å². The predicted molar refractivity (Wildman–Crippen MR) is 53.4 cm³/mol. The molecule has 0 amide bonds. The lowest BCUT2D eigenvalue weighted by atomic mass is 9.91. The summed E-state index contributed by atoms with van der Waals surface area (Å²) in [5.74, 6) is 0.315. The van der Waals surface area contributed by atoms with E-state index in [1.54, 1.807) is 13.0 Å². The molecule has 1 aliphatic rings. The molecule has 0 radical (unpaired) electrons. The van der Waals surface area contributed by atoms with Crippen molar-refractivity contribution in [3.8, 4) is 0 Å². The number of benzene rings is 1. The zero-order valence-electron chi connectivity index (χ0n) is 7.99. The van der Waals surface area contributed by atoms with Crippen LogP contribution in [-0.4, -0.2) is 18.0 Å². The van der Waals surface area contributed by atoms with Gasteiger partial charge in [-0.1, -0.05) is 18.2 Å². The minimum atomic E-state index is -0.275. The van der Waals surface area contributed by atoms with Gasteiger partial charge in [-0.25, -0.2) is 0 Å². The predicted octanol–water partition coefficient (Wildman–Crippen LogP) is 1.59. The maximum absolute atomic E-state index is 10.9. The lowest BCUT2D eigenvalue weighted by Crippen LogP contribution is -2.40. The number of nitrogens with one attached hydrogen (secondary N) is 1. The van der Waals surface area contributed by atoms with E-state index < -0.39 is 0 Å². The molecule has 0 aliphatic carbocycles. The summed E-state index contributed by atoms with van der Waals surface area (Å²) in [5, 5.41) is 14.0. The molecule has 0 aromatic heterocycles. The van der Waals surface area contributed by atoms with Gasteiger partial charge in [0.15, 0.2) is 0 Å². The van der Waals surface area contributed by atoms with E-state index in [0.717, 1.165) is 24.2 Å². The molecule has 1 aliphatic heterocycles. The lowest BCUT2D eigenvalue weighted by molar-refractivity contribution is -0.386. The third-order valence-electron chi connectivity index (χ3n) is 2.67. The fourth-order valence-electron chi connectivity index (χ4n) is 1.77. The number of nitro groups is 1. The maximum Gasteiger partial charge on any atom is 0.275 e. The van der Waals surface area contributed by atoms with Crippen molar-refractivity contribution in [2.24, 2.45) is 0 Å². The Labute approximate surface area is 82.1 Å². The Hall–Kier alpha value is -1.42. The first-order chi connectivity index (χ1) is 6.70. The average Bonchev–Trinajstić information content (AvgIpc) is 1.99. The molecular formula is C10H12N2O2. The van der Waals surface area contributed by atoms with Gasteiger partial charge >= 0.3 is 0 Å². The number of nitro benzene ring substituents is 1. The summed E-state index contributed by atoms with van der Waals surface area (Å²) in [6, 6.07) is 5.53. The first kappa shape index (κ1) is 9.15. The normalized spacial score (nSPS) is 16.4. The molecule has 14 heavy (non-hydrogen) atoms. The first-order valence-electron chi connectivity index (χ1n) is 4.65. The molecule has 74 valence electrons. The Morgan fingerprint density at radius 1 is 1.50 bits per heavy atom. The van der Waals surface area contributed by atoms with Gasteiger partial charge in [-0.2, -0.15) is 0 Å². The number of hydrogen-bond donors (Lipinski definition) is 1. The second kappa shape index (κ2) is 3.38. The maximum atomic E-state index is 10.9. The summed E-state index contributed by atoms with van der Waals surface area (Å²) in [6.07, 6.45) is 0. The quantitative estimate of drug-likeness (QED) is 0.571. The minimum absolute atomic E-state index is 0.275. The number of rotatable bonds is 2. The highest BCUT2D eigenvalue weighted by Gasteiger charge is 2.27. The Kier molecular flexibility index (Phi) is 2.21. The molecule has 0 unspecified atom stereocenters. The average molecular weight is 192 g/mol. The summed E-state index contributed by atoms with van der Waals surface area (Å²) >= 11 is 0. The zero-order chi connectivity index (χ0) is 10.1. The molecule has 1 fully saturated rings. The summed E-state index contributed by atoms with van der Waals surface area (Å²) < 4.78 is 0. The van der Waals surface area contributed by atoms with Crippen LogP contribution >= 0.6 is 0 Å². The lowest BCUT2D eigenvalue weighted by Gasteiger charge is -2.27. The van der Waals surface area contributed by atoms with E-state index in [1.165, 1.54) is 0 Å². The van der Waals surface area contributed by atoms with Crippen molar-refractivity contribution in [2.45, 2.75) is 12.8 Å². The van der Waals surface area contributed by atoms with Gasteiger partial charge < -0.3 is 5.32 Å². The molecule has 1 aromatic rings. The second-order valence-electron chi connectivity index (χ2n) is 3.63. The van der Waals surface area contributed by atoms with Gasteiger partial charge in [0.2, 0.25) is 0 Å². The Morgan fingerprint density at radius 2 is 2.21 bits per heavy atom. The molecule has 2 rings (SSSR count). The fourth-order valence-corrected chi connectivity index (χ4v) is 1.77. The van der Waals surface area contributed by atoms with Gasteiger partial charge in [0.1, 0.15) is 0 Å². The van der Waals surface area contributed by atoms with Crippen LogP contribution in [0.2, 0.25) is 0 Å². The molecule has 0 atom stereocenters. The molecular weight excluding hydrogens is 180 g/mol. The highest BCUT2D eigenvalue weighted by molar-refractivity contribution is 5.49. The van der Waals surface area contributed by atoms with Gasteiger partial charge in [-0.3, -0.25) is 10.1 Å². The third-order valence-corrected chi connectivity index (χ3v) is 2.67. The van der Waals surface area contributed by atoms with Crippen molar-refractivity contribution in [3.63, 3.8) is 0 Å². The molecule has 4 heteroatoms. The van der Waals surface area contributed by atoms with Crippen LogP contribution in [0, 0.1) is 17.0 Å². The van der Waals surface area contributed by atoms with E-state index >= 15 is 0 Å². The summed E-state index contributed by atoms with van der Waals surface area (Å²) in [7, 11) is 0. The van der Waals surface area contributed by atoms with E-state index in [0.29, 0.717) is 11.6 Å². The smallest absolute Gasteiger partial charge is 0.275 e. The monoisotopic (exact) mass is 192 g/mol. The van der Waals surface area contributed by atoms with Crippen molar-refractivity contribution in [1.82, 2.24) is 5.32 Å². The largest absolute Gasteiger partial charge is 0.315 e. The molecule has 1 N–H and O–H groups in total. The van der Waals surface area contributed by atoms with Crippen LogP contribution in [0.4, 0.5) is 5.69 Å². The van der Waals surface area contributed by atoms with Crippen LogP contribution in [0.3, 0.4) is 0 Å². The van der Waals surface area contributed by atoms with E-state index in [2.05, 4.69) is 5.32 Å². The highest BCUT2D eigenvalue weighted by atomic mass is 16.6. The topological polar surface area (TPSA) is 55.2 Å². The van der Waals surface area contributed by atoms with Gasteiger partial charge in [-0.05, 0) is 6.92 Å². The van der Waals surface area contributed by atoms with Crippen molar-refractivity contribution >= 4 is 5.69 Å². The Balaban J connectivity index is 2.46. The van der Waals surface area contributed by atoms with Gasteiger partial charge in [0, 0.05) is 30.1 Å². The van der Waals surface area contributed by atoms with Crippen LogP contribution in [0.25, 0.3) is 0 Å². The third kappa shape index (κ3) is 1.37. The molecule has 4 nitrogen and oxygen atoms in total. The molecule has 0 spiro atoms. The number of aryl methyl sites for hydroxylation is 1. The van der Waals surface area contributed by atoms with Crippen molar-refractivity contribution in [1.29, 1.82) is 0 Å². The summed E-state index contributed by atoms with van der Waals surface area (Å²) in [6.45, 7) is 3.49. The standard InChI is InChI=1S/C10H12N2O2/c1-7-3-2-4-9(8-5-11-6-8)10(7)12(13)14/h2-4,8,11H,5-6H2,1H3. The van der Waals surface area contributed by atoms with Crippen molar-refractivity contribution in [3.05, 3.63) is 39.4 Å². The number of nitrogens with zero attached hydrogens (tertiary/aromatic N) is 1. The first-order valence-corrected chi connectivity index (χ1v) is 4.65. The molecule has 1 aromatic carbocycles. The SMILES string of the molecule is Cc1cccc(C2CNC2)c1[N+](=O)[O-]. The van der Waals surface area contributed by atoms with Gasteiger partial charge in [-0.15, -0.1) is 0 Å². The van der Waals surface area contributed by atoms with Gasteiger partial charge in [0.05, 0.1) is 4.92 Å². The van der Waals surface area contributed by atoms with E-state index in [-0.39, 0.29) is 4.92 Å². The fraction of sp³-hybridized carbons (Fsp3) is 0.400. The van der Waals surface area contributed by atoms with Crippen molar-refractivity contribution in [2.75, 3.05) is 13.1 Å². The van der Waals surface area contributed by atoms with E-state index in [4.69, 9.17) is 0 Å². The van der Waals surface area contributed by atoms with E-state index in [9.17, 15) is 10.1 Å². The van der Waals surface area contributed by atoms with Gasteiger partial charge in [0.25, 0.3) is 5.69 Å².